The summed E-state index contributed by atoms with van der Waals surface area (Å²) < 4.78 is 51.5. The van der Waals surface area contributed by atoms with E-state index in [1.54, 1.807) is 21.3 Å². The van der Waals surface area contributed by atoms with Crippen LogP contribution >= 0.6 is 11.8 Å². The number of thioether (sulfide) groups is 1. The lowest BCUT2D eigenvalue weighted by Crippen LogP contribution is -2.46. The first kappa shape index (κ1) is 43.7. The van der Waals surface area contributed by atoms with Gasteiger partial charge < -0.3 is 45.2 Å². The van der Waals surface area contributed by atoms with Gasteiger partial charge in [0.15, 0.2) is 0 Å². The minimum Gasteiger partial charge on any atom is -0.385 e. The largest absolute Gasteiger partial charge is 0.500 e. The monoisotopic (exact) mass is 697 g/mol. The predicted octanol–water partition coefficient (Wildman–Crippen LogP) is 6.96. The maximum Gasteiger partial charge on any atom is 0.500 e. The van der Waals surface area contributed by atoms with Gasteiger partial charge in [-0.05, 0) is 84.4 Å². The summed E-state index contributed by atoms with van der Waals surface area (Å²) in [6.45, 7) is 16.7. The molecule has 0 spiro atoms. The smallest absolute Gasteiger partial charge is 0.385 e. The molecule has 0 heterocycles. The van der Waals surface area contributed by atoms with Gasteiger partial charge in [-0.15, -0.1) is 0 Å². The average Bonchev–Trinajstić information content (AvgIpc) is 3.03. The van der Waals surface area contributed by atoms with E-state index in [1.165, 1.54) is 0 Å². The Morgan fingerprint density at radius 1 is 0.523 bits per heavy atom. The van der Waals surface area contributed by atoms with Crippen molar-refractivity contribution in [3.63, 3.8) is 0 Å². The molecule has 0 bridgehead atoms. The van der Waals surface area contributed by atoms with Crippen molar-refractivity contribution in [1.29, 1.82) is 0 Å². The van der Waals surface area contributed by atoms with Gasteiger partial charge in [0, 0.05) is 91.3 Å². The summed E-state index contributed by atoms with van der Waals surface area (Å²) in [6, 6.07) is 12.7. The number of anilines is 1. The lowest BCUT2D eigenvalue weighted by molar-refractivity contribution is 0.0705. The van der Waals surface area contributed by atoms with Crippen LogP contribution in [0.4, 0.5) is 5.69 Å². The standard InChI is InChI=1S/C18H42O6SSi2.C12H21NO3Si/c1-7-19-26(20-8-2,21-9-3)17-13-15-25-16-14-18-27(22-10-4,23-11-5)24-12-6;1-14-17(15-2,16-3)11-7-10-13-12-8-5-4-6-9-12/h7-18H2,1-6H3;4-6,8-9,13H,7,10-11H2,1-3H3. The molecule has 0 amide bonds. The summed E-state index contributed by atoms with van der Waals surface area (Å²) in [6.07, 6.45) is 3.04. The molecule has 0 aliphatic rings. The molecular weight excluding hydrogens is 635 g/mol. The van der Waals surface area contributed by atoms with Crippen LogP contribution in [0.15, 0.2) is 30.3 Å². The molecule has 0 saturated carbocycles. The van der Waals surface area contributed by atoms with Crippen LogP contribution in [0, 0.1) is 0 Å². The van der Waals surface area contributed by atoms with Gasteiger partial charge in [0.25, 0.3) is 0 Å². The lowest BCUT2D eigenvalue weighted by atomic mass is 10.3. The van der Waals surface area contributed by atoms with Crippen LogP contribution in [0.1, 0.15) is 60.8 Å². The molecule has 260 valence electrons. The van der Waals surface area contributed by atoms with E-state index in [-0.39, 0.29) is 0 Å². The molecule has 0 aromatic heterocycles. The van der Waals surface area contributed by atoms with Crippen molar-refractivity contribution in [1.82, 2.24) is 0 Å². The van der Waals surface area contributed by atoms with Gasteiger partial charge in [0.05, 0.1) is 0 Å². The fourth-order valence-corrected chi connectivity index (χ4v) is 12.9. The number of hydrogen-bond acceptors (Lipinski definition) is 11. The minimum atomic E-state index is -2.49. The molecule has 14 heteroatoms. The van der Waals surface area contributed by atoms with Crippen LogP contribution in [0.5, 0.6) is 0 Å². The third kappa shape index (κ3) is 18.7. The Kier molecular flexibility index (Phi) is 27.5. The third-order valence-corrected chi connectivity index (χ3v) is 16.7. The Hall–Kier alpha value is -0.339. The first-order chi connectivity index (χ1) is 21.3. The van der Waals surface area contributed by atoms with Crippen molar-refractivity contribution in [2.45, 2.75) is 78.9 Å². The molecular formula is C30H63NO9SSi3. The van der Waals surface area contributed by atoms with Crippen LogP contribution in [-0.2, 0) is 39.8 Å². The van der Waals surface area contributed by atoms with Crippen LogP contribution < -0.4 is 5.32 Å². The Morgan fingerprint density at radius 2 is 0.886 bits per heavy atom. The molecule has 0 atom stereocenters. The molecule has 10 nitrogen and oxygen atoms in total. The van der Waals surface area contributed by atoms with Crippen molar-refractivity contribution in [3.8, 4) is 0 Å². The summed E-state index contributed by atoms with van der Waals surface area (Å²) in [5, 5.41) is 3.35. The van der Waals surface area contributed by atoms with Crippen molar-refractivity contribution in [2.75, 3.05) is 84.3 Å². The molecule has 0 saturated heterocycles. The van der Waals surface area contributed by atoms with Crippen LogP contribution in [-0.4, -0.2) is 105 Å². The second kappa shape index (κ2) is 27.7. The molecule has 44 heavy (non-hydrogen) atoms. The zero-order valence-corrected chi connectivity index (χ0v) is 32.9. The third-order valence-electron chi connectivity index (χ3n) is 6.42. The van der Waals surface area contributed by atoms with Crippen LogP contribution in [0.2, 0.25) is 18.1 Å². The summed E-state index contributed by atoms with van der Waals surface area (Å²) in [5.74, 6) is 2.16. The Morgan fingerprint density at radius 3 is 1.23 bits per heavy atom. The maximum atomic E-state index is 5.90. The Balaban J connectivity index is 0.000000928. The number of nitrogens with one attached hydrogen (secondary N) is 1. The lowest BCUT2D eigenvalue weighted by Gasteiger charge is -2.28. The van der Waals surface area contributed by atoms with Crippen molar-refractivity contribution < 1.29 is 39.8 Å². The first-order valence-corrected chi connectivity index (χ1v) is 23.1. The number of rotatable bonds is 28. The average molecular weight is 698 g/mol. The zero-order valence-electron chi connectivity index (χ0n) is 29.1. The molecule has 0 radical (unpaired) electrons. The summed E-state index contributed by atoms with van der Waals surface area (Å²) >= 11 is 1.95. The second-order valence-corrected chi connectivity index (χ2v) is 19.3. The summed E-state index contributed by atoms with van der Waals surface area (Å²) in [5.41, 5.74) is 1.13. The molecule has 0 unspecified atom stereocenters. The van der Waals surface area contributed by atoms with Gasteiger partial charge in [-0.25, -0.2) is 0 Å². The molecule has 1 aromatic rings. The van der Waals surface area contributed by atoms with Gasteiger partial charge in [-0.1, -0.05) is 18.2 Å². The van der Waals surface area contributed by atoms with Crippen LogP contribution in [0.3, 0.4) is 0 Å². The molecule has 0 fully saturated rings. The molecule has 0 aliphatic carbocycles. The van der Waals surface area contributed by atoms with Gasteiger partial charge >= 0.3 is 26.4 Å². The number of para-hydroxylation sites is 1. The van der Waals surface area contributed by atoms with Gasteiger partial charge in [0.1, 0.15) is 0 Å². The quantitative estimate of drug-likeness (QED) is 0.0727. The highest BCUT2D eigenvalue weighted by molar-refractivity contribution is 7.99. The highest BCUT2D eigenvalue weighted by Gasteiger charge is 2.41. The van der Waals surface area contributed by atoms with Crippen LogP contribution in [0.25, 0.3) is 0 Å². The summed E-state index contributed by atoms with van der Waals surface area (Å²) in [4.78, 5) is 0. The normalized spacial score (nSPS) is 12.2. The Labute approximate surface area is 276 Å². The molecule has 1 aromatic carbocycles. The van der Waals surface area contributed by atoms with Crippen molar-refractivity contribution in [3.05, 3.63) is 30.3 Å². The van der Waals surface area contributed by atoms with E-state index in [2.05, 4.69) is 5.32 Å². The van der Waals surface area contributed by atoms with E-state index < -0.39 is 26.4 Å². The zero-order chi connectivity index (χ0) is 33.0. The predicted molar refractivity (Wildman–Crippen MR) is 189 cm³/mol. The van der Waals surface area contributed by atoms with E-state index in [9.17, 15) is 0 Å². The van der Waals surface area contributed by atoms with E-state index in [1.807, 2.05) is 83.6 Å². The summed E-state index contributed by atoms with van der Waals surface area (Å²) in [7, 11) is -2.45. The number of benzene rings is 1. The van der Waals surface area contributed by atoms with Crippen molar-refractivity contribution in [2.24, 2.45) is 0 Å². The highest BCUT2D eigenvalue weighted by Crippen LogP contribution is 2.23. The minimum absolute atomic E-state index is 0.637. The maximum absolute atomic E-state index is 5.90. The molecule has 1 rings (SSSR count). The highest BCUT2D eigenvalue weighted by atomic mass is 32.2. The molecule has 0 aliphatic heterocycles. The van der Waals surface area contributed by atoms with Gasteiger partial charge in [0.2, 0.25) is 0 Å². The fourth-order valence-electron chi connectivity index (χ4n) is 4.54. The van der Waals surface area contributed by atoms with Gasteiger partial charge in [-0.3, -0.25) is 0 Å². The topological polar surface area (TPSA) is 95.1 Å². The SMILES string of the molecule is CCO[Si](CCCSCCC[Si](OCC)(OCC)OCC)(OCC)OCC.CO[Si](CCCNc1ccccc1)(OC)OC. The number of hydrogen-bond donors (Lipinski definition) is 1. The second-order valence-electron chi connectivity index (χ2n) is 9.48. The first-order valence-electron chi connectivity index (χ1n) is 16.2. The van der Waals surface area contributed by atoms with E-state index in [0.717, 1.165) is 61.1 Å². The van der Waals surface area contributed by atoms with Crippen molar-refractivity contribution >= 4 is 43.9 Å². The Bertz CT molecular complexity index is 698. The van der Waals surface area contributed by atoms with E-state index >= 15 is 0 Å². The van der Waals surface area contributed by atoms with Gasteiger partial charge in [-0.2, -0.15) is 11.8 Å². The fraction of sp³-hybridized carbons (Fsp3) is 0.800. The molecule has 1 N–H and O–H groups in total. The van der Waals surface area contributed by atoms with E-state index in [0.29, 0.717) is 39.6 Å². The van der Waals surface area contributed by atoms with E-state index in [4.69, 9.17) is 39.8 Å².